The lowest BCUT2D eigenvalue weighted by Gasteiger charge is -2.22. The molecule has 0 amide bonds. The van der Waals surface area contributed by atoms with Crippen molar-refractivity contribution in [2.24, 2.45) is 0 Å². The van der Waals surface area contributed by atoms with E-state index in [9.17, 15) is 26.3 Å². The minimum absolute atomic E-state index is 0.0564. The van der Waals surface area contributed by atoms with Gasteiger partial charge >= 0.3 is 12.5 Å². The molecule has 1 aromatic rings. The standard InChI is InChI=1S/C13H15F6NO/c1-2-20-10(7-8-12(14,15)16)9-5-3-4-6-11(9)21-13(17,18)19/h3-6,10,20H,2,7-8H2,1H3. The Kier molecular flexibility index (Phi) is 5.88. The maximum Gasteiger partial charge on any atom is 0.573 e. The van der Waals surface area contributed by atoms with Gasteiger partial charge in [-0.2, -0.15) is 13.2 Å². The van der Waals surface area contributed by atoms with Crippen LogP contribution in [0.3, 0.4) is 0 Å². The summed E-state index contributed by atoms with van der Waals surface area (Å²) in [6, 6.07) is 4.33. The number of hydrogen-bond donors (Lipinski definition) is 1. The fourth-order valence-corrected chi connectivity index (χ4v) is 1.91. The van der Waals surface area contributed by atoms with Gasteiger partial charge in [0.2, 0.25) is 0 Å². The van der Waals surface area contributed by atoms with Gasteiger partial charge in [0.05, 0.1) is 0 Å². The second-order valence-corrected chi connectivity index (χ2v) is 4.35. The lowest BCUT2D eigenvalue weighted by molar-refractivity contribution is -0.275. The number of para-hydroxylation sites is 1. The van der Waals surface area contributed by atoms with Crippen LogP contribution in [0.5, 0.6) is 5.75 Å². The van der Waals surface area contributed by atoms with E-state index in [2.05, 4.69) is 10.1 Å². The molecule has 0 spiro atoms. The third-order valence-corrected chi connectivity index (χ3v) is 2.69. The monoisotopic (exact) mass is 315 g/mol. The molecule has 21 heavy (non-hydrogen) atoms. The fraction of sp³-hybridized carbons (Fsp3) is 0.538. The van der Waals surface area contributed by atoms with Crippen LogP contribution in [-0.4, -0.2) is 19.1 Å². The summed E-state index contributed by atoms with van der Waals surface area (Å²) in [6.45, 7) is 1.98. The summed E-state index contributed by atoms with van der Waals surface area (Å²) in [4.78, 5) is 0. The van der Waals surface area contributed by atoms with Gasteiger partial charge in [0, 0.05) is 18.0 Å². The average molecular weight is 315 g/mol. The summed E-state index contributed by atoms with van der Waals surface area (Å²) >= 11 is 0. The highest BCUT2D eigenvalue weighted by Gasteiger charge is 2.34. The summed E-state index contributed by atoms with van der Waals surface area (Å²) in [6.07, 6.45) is -10.7. The topological polar surface area (TPSA) is 21.3 Å². The van der Waals surface area contributed by atoms with Crippen molar-refractivity contribution in [1.82, 2.24) is 5.32 Å². The largest absolute Gasteiger partial charge is 0.573 e. The molecule has 8 heteroatoms. The lowest BCUT2D eigenvalue weighted by atomic mass is 10.0. The van der Waals surface area contributed by atoms with Crippen LogP contribution >= 0.6 is 0 Å². The molecule has 0 heterocycles. The maximum atomic E-state index is 12.3. The normalized spacial score (nSPS) is 14.0. The molecule has 0 aliphatic heterocycles. The smallest absolute Gasteiger partial charge is 0.405 e. The van der Waals surface area contributed by atoms with E-state index in [0.717, 1.165) is 6.07 Å². The summed E-state index contributed by atoms with van der Waals surface area (Å²) in [5, 5.41) is 2.75. The Hall–Kier alpha value is -1.44. The SMILES string of the molecule is CCNC(CCC(F)(F)F)c1ccccc1OC(F)(F)F. The number of hydrogen-bond acceptors (Lipinski definition) is 2. The summed E-state index contributed by atoms with van der Waals surface area (Å²) in [5.41, 5.74) is 0.0564. The molecule has 1 unspecified atom stereocenters. The van der Waals surface area contributed by atoms with Gasteiger partial charge in [-0.05, 0) is 19.0 Å². The van der Waals surface area contributed by atoms with E-state index < -0.39 is 30.8 Å². The molecule has 1 atom stereocenters. The van der Waals surface area contributed by atoms with E-state index >= 15 is 0 Å². The van der Waals surface area contributed by atoms with Crippen LogP contribution < -0.4 is 10.1 Å². The Morgan fingerprint density at radius 2 is 1.71 bits per heavy atom. The zero-order chi connectivity index (χ0) is 16.1. The predicted octanol–water partition coefficient (Wildman–Crippen LogP) is 4.58. The molecule has 0 aromatic heterocycles. The highest BCUT2D eigenvalue weighted by Crippen LogP contribution is 2.34. The predicted molar refractivity (Wildman–Crippen MR) is 64.8 cm³/mol. The summed E-state index contributed by atoms with van der Waals surface area (Å²) in [7, 11) is 0. The number of nitrogens with one attached hydrogen (secondary N) is 1. The van der Waals surface area contributed by atoms with Crippen LogP contribution in [0.2, 0.25) is 0 Å². The van der Waals surface area contributed by atoms with Gasteiger partial charge < -0.3 is 10.1 Å². The molecule has 120 valence electrons. The zero-order valence-electron chi connectivity index (χ0n) is 11.2. The molecule has 0 aliphatic rings. The van der Waals surface area contributed by atoms with Crippen molar-refractivity contribution in [3.05, 3.63) is 29.8 Å². The summed E-state index contributed by atoms with van der Waals surface area (Å²) < 4.78 is 77.8. The third-order valence-electron chi connectivity index (χ3n) is 2.69. The zero-order valence-corrected chi connectivity index (χ0v) is 11.2. The molecule has 0 fully saturated rings. The Labute approximate surface area is 118 Å². The van der Waals surface area contributed by atoms with E-state index in [1.807, 2.05) is 0 Å². The molecule has 1 rings (SSSR count). The van der Waals surface area contributed by atoms with Gasteiger partial charge in [0.25, 0.3) is 0 Å². The summed E-state index contributed by atoms with van der Waals surface area (Å²) in [5.74, 6) is -0.488. The molecule has 1 aromatic carbocycles. The van der Waals surface area contributed by atoms with Crippen LogP contribution in [0.1, 0.15) is 31.4 Å². The molecule has 0 bridgehead atoms. The van der Waals surface area contributed by atoms with E-state index in [0.29, 0.717) is 6.54 Å². The highest BCUT2D eigenvalue weighted by molar-refractivity contribution is 5.36. The second kappa shape index (κ2) is 7.02. The molecule has 2 nitrogen and oxygen atoms in total. The van der Waals surface area contributed by atoms with Crippen LogP contribution in [0.15, 0.2) is 24.3 Å². The second-order valence-electron chi connectivity index (χ2n) is 4.35. The van der Waals surface area contributed by atoms with Gasteiger partial charge in [-0.25, -0.2) is 0 Å². The van der Waals surface area contributed by atoms with Crippen LogP contribution in [0, 0.1) is 0 Å². The van der Waals surface area contributed by atoms with Crippen molar-refractivity contribution in [2.45, 2.75) is 38.3 Å². The van der Waals surface area contributed by atoms with Crippen molar-refractivity contribution in [1.29, 1.82) is 0 Å². The Morgan fingerprint density at radius 1 is 1.10 bits per heavy atom. The number of alkyl halides is 6. The molecule has 0 saturated carbocycles. The average Bonchev–Trinajstić information content (AvgIpc) is 2.32. The van der Waals surface area contributed by atoms with Crippen molar-refractivity contribution < 1.29 is 31.1 Å². The minimum atomic E-state index is -4.89. The van der Waals surface area contributed by atoms with E-state index in [-0.39, 0.29) is 12.0 Å². The van der Waals surface area contributed by atoms with Gasteiger partial charge in [-0.1, -0.05) is 25.1 Å². The Balaban J connectivity index is 2.96. The maximum absolute atomic E-state index is 12.3. The van der Waals surface area contributed by atoms with Gasteiger partial charge in [0.15, 0.2) is 0 Å². The first-order chi connectivity index (χ1) is 9.62. The Bertz CT molecular complexity index is 443. The molecular weight excluding hydrogens is 300 g/mol. The first kappa shape index (κ1) is 17.6. The Morgan fingerprint density at radius 3 is 2.24 bits per heavy atom. The number of halogens is 6. The molecular formula is C13H15F6NO. The van der Waals surface area contributed by atoms with Crippen molar-refractivity contribution in [3.63, 3.8) is 0 Å². The van der Waals surface area contributed by atoms with Crippen LogP contribution in [0.25, 0.3) is 0 Å². The first-order valence-corrected chi connectivity index (χ1v) is 6.27. The van der Waals surface area contributed by atoms with Gasteiger partial charge in [0.1, 0.15) is 5.75 Å². The third kappa shape index (κ3) is 6.70. The molecule has 0 radical (unpaired) electrons. The number of benzene rings is 1. The quantitative estimate of drug-likeness (QED) is 0.776. The fourth-order valence-electron chi connectivity index (χ4n) is 1.91. The van der Waals surface area contributed by atoms with Crippen LogP contribution in [-0.2, 0) is 0 Å². The van der Waals surface area contributed by atoms with Gasteiger partial charge in [-0.15, -0.1) is 13.2 Å². The minimum Gasteiger partial charge on any atom is -0.405 e. The first-order valence-electron chi connectivity index (χ1n) is 6.27. The molecule has 0 aliphatic carbocycles. The highest BCUT2D eigenvalue weighted by atomic mass is 19.4. The van der Waals surface area contributed by atoms with Crippen LogP contribution in [0.4, 0.5) is 26.3 Å². The van der Waals surface area contributed by atoms with Crippen molar-refractivity contribution in [2.75, 3.05) is 6.54 Å². The number of rotatable bonds is 6. The lowest BCUT2D eigenvalue weighted by Crippen LogP contribution is -2.25. The van der Waals surface area contributed by atoms with Crippen molar-refractivity contribution >= 4 is 0 Å². The van der Waals surface area contributed by atoms with Crippen molar-refractivity contribution in [3.8, 4) is 5.75 Å². The number of ether oxygens (including phenoxy) is 1. The molecule has 1 N–H and O–H groups in total. The van der Waals surface area contributed by atoms with E-state index in [4.69, 9.17) is 0 Å². The van der Waals surface area contributed by atoms with E-state index in [1.54, 1.807) is 6.92 Å². The van der Waals surface area contributed by atoms with E-state index in [1.165, 1.54) is 18.2 Å². The molecule has 0 saturated heterocycles. The van der Waals surface area contributed by atoms with Gasteiger partial charge in [-0.3, -0.25) is 0 Å².